The van der Waals surface area contributed by atoms with Crippen LogP contribution in [-0.2, 0) is 16.1 Å². The number of esters is 1. The van der Waals surface area contributed by atoms with Crippen molar-refractivity contribution in [3.05, 3.63) is 54.1 Å². The molecule has 0 saturated heterocycles. The number of para-hydroxylation sites is 1. The number of aryl methyl sites for hydroxylation is 1. The first-order valence-electron chi connectivity index (χ1n) is 9.58. The van der Waals surface area contributed by atoms with E-state index in [4.69, 9.17) is 0 Å². The molecule has 0 radical (unpaired) electrons. The second-order valence-corrected chi connectivity index (χ2v) is 8.09. The molecule has 172 valence electrons. The average Bonchev–Trinajstić information content (AvgIpc) is 3.02. The number of hydrogen-bond acceptors (Lipinski definition) is 3. The van der Waals surface area contributed by atoms with E-state index in [1.54, 1.807) is 24.3 Å². The van der Waals surface area contributed by atoms with Crippen LogP contribution in [0.25, 0.3) is 22.2 Å². The van der Waals surface area contributed by atoms with Gasteiger partial charge in [0.25, 0.3) is 6.10 Å². The molecule has 3 rings (SSSR count). The maximum Gasteiger partial charge on any atom is 0.434 e. The topological polar surface area (TPSA) is 44.1 Å². The summed E-state index contributed by atoms with van der Waals surface area (Å²) in [4.78, 5) is 12.4. The summed E-state index contributed by atoms with van der Waals surface area (Å²) in [7, 11) is 0. The first-order chi connectivity index (χ1) is 14.7. The molecule has 0 unspecified atom stereocenters. The fourth-order valence-corrected chi connectivity index (χ4v) is 3.31. The molecule has 0 bridgehead atoms. The summed E-state index contributed by atoms with van der Waals surface area (Å²) in [5.41, 5.74) is 1.19. The molecule has 0 N–H and O–H groups in total. The van der Waals surface area contributed by atoms with Crippen LogP contribution in [0.5, 0.6) is 0 Å². The number of benzene rings is 2. The molecule has 0 spiro atoms. The number of carbonyl (C=O) groups excluding carboxylic acids is 1. The Morgan fingerprint density at radius 3 is 2.12 bits per heavy atom. The molecule has 0 amide bonds. The first-order valence-corrected chi connectivity index (χ1v) is 9.58. The van der Waals surface area contributed by atoms with Gasteiger partial charge >= 0.3 is 18.3 Å². The summed E-state index contributed by atoms with van der Waals surface area (Å²) in [6.45, 7) is 4.02. The second kappa shape index (κ2) is 8.14. The van der Waals surface area contributed by atoms with Crippen LogP contribution >= 0.6 is 0 Å². The van der Waals surface area contributed by atoms with Gasteiger partial charge in [0.15, 0.2) is 0 Å². The van der Waals surface area contributed by atoms with Crippen LogP contribution in [0.4, 0.5) is 26.3 Å². The normalized spacial score (nSPS) is 13.1. The fraction of sp³-hybridized carbons (Fsp3) is 0.364. The number of halogens is 6. The van der Waals surface area contributed by atoms with Crippen molar-refractivity contribution in [3.8, 4) is 11.3 Å². The molecule has 4 nitrogen and oxygen atoms in total. The van der Waals surface area contributed by atoms with E-state index in [0.29, 0.717) is 11.2 Å². The fourth-order valence-electron chi connectivity index (χ4n) is 3.31. The van der Waals surface area contributed by atoms with Crippen LogP contribution in [0, 0.1) is 12.3 Å². The predicted octanol–water partition coefficient (Wildman–Crippen LogP) is 6.07. The number of aromatic nitrogens is 2. The van der Waals surface area contributed by atoms with Gasteiger partial charge in [0.05, 0.1) is 17.5 Å². The largest absolute Gasteiger partial charge is 0.442 e. The molecule has 2 aromatic carbocycles. The van der Waals surface area contributed by atoms with E-state index < -0.39 is 29.8 Å². The Morgan fingerprint density at radius 2 is 1.53 bits per heavy atom. The number of fused-ring (bicyclic) bond motifs is 1. The molecule has 1 aromatic heterocycles. The third kappa shape index (κ3) is 4.73. The maximum absolute atomic E-state index is 12.8. The van der Waals surface area contributed by atoms with Crippen molar-refractivity contribution in [2.75, 3.05) is 0 Å². The number of alkyl halides is 6. The molecule has 0 aliphatic heterocycles. The molecule has 1 heterocycles. The van der Waals surface area contributed by atoms with Gasteiger partial charge in [0, 0.05) is 10.9 Å². The van der Waals surface area contributed by atoms with Crippen LogP contribution in [0.3, 0.4) is 0 Å². The lowest BCUT2D eigenvalue weighted by Crippen LogP contribution is -2.48. The molecular weight excluding hydrogens is 438 g/mol. The van der Waals surface area contributed by atoms with E-state index in [9.17, 15) is 31.1 Å². The Labute approximate surface area is 179 Å². The standard InChI is InChI=1S/C22H20F6N2O2/c1-13-8-4-5-9-14(13)17-15-10-6-7-11-16(15)30(29-17)12-20(2,3)19(31)32-18(21(23,24)25)22(26,27)28/h4-11,18H,12H2,1-3H3. The third-order valence-electron chi connectivity index (χ3n) is 4.98. The molecular formula is C22H20F6N2O2. The molecule has 10 heteroatoms. The lowest BCUT2D eigenvalue weighted by atomic mass is 9.93. The highest BCUT2D eigenvalue weighted by molar-refractivity contribution is 5.94. The van der Waals surface area contributed by atoms with E-state index in [1.807, 2.05) is 31.2 Å². The van der Waals surface area contributed by atoms with Crippen molar-refractivity contribution in [1.29, 1.82) is 0 Å². The third-order valence-corrected chi connectivity index (χ3v) is 4.98. The minimum absolute atomic E-state index is 0.291. The maximum atomic E-state index is 12.8. The highest BCUT2D eigenvalue weighted by Gasteiger charge is 2.60. The van der Waals surface area contributed by atoms with Crippen molar-refractivity contribution in [3.63, 3.8) is 0 Å². The smallest absolute Gasteiger partial charge is 0.434 e. The molecule has 32 heavy (non-hydrogen) atoms. The number of nitrogens with zero attached hydrogens (tertiary/aromatic N) is 2. The van der Waals surface area contributed by atoms with Gasteiger partial charge in [-0.25, -0.2) is 0 Å². The highest BCUT2D eigenvalue weighted by Crippen LogP contribution is 2.38. The van der Waals surface area contributed by atoms with Crippen molar-refractivity contribution in [1.82, 2.24) is 9.78 Å². The van der Waals surface area contributed by atoms with Crippen LogP contribution in [0.2, 0.25) is 0 Å². The van der Waals surface area contributed by atoms with Gasteiger partial charge in [-0.3, -0.25) is 9.48 Å². The SMILES string of the molecule is Cc1ccccc1-c1nn(CC(C)(C)C(=O)OC(C(F)(F)F)C(F)(F)F)c2ccccc12. The van der Waals surface area contributed by atoms with E-state index in [2.05, 4.69) is 9.84 Å². The number of hydrogen-bond donors (Lipinski definition) is 0. The zero-order chi connectivity index (χ0) is 23.9. The minimum Gasteiger partial charge on any atom is -0.442 e. The molecule has 0 atom stereocenters. The molecule has 3 aromatic rings. The Hall–Kier alpha value is -3.04. The van der Waals surface area contributed by atoms with Gasteiger partial charge in [-0.1, -0.05) is 42.5 Å². The first kappa shape index (κ1) is 23.6. The van der Waals surface area contributed by atoms with Crippen molar-refractivity contribution >= 4 is 16.9 Å². The molecule has 0 aliphatic rings. The quantitative estimate of drug-likeness (QED) is 0.344. The average molecular weight is 458 g/mol. The predicted molar refractivity (Wildman–Crippen MR) is 106 cm³/mol. The van der Waals surface area contributed by atoms with E-state index in [1.165, 1.54) is 18.5 Å². The van der Waals surface area contributed by atoms with E-state index in [0.717, 1.165) is 16.5 Å². The van der Waals surface area contributed by atoms with Crippen LogP contribution < -0.4 is 0 Å². The summed E-state index contributed by atoms with van der Waals surface area (Å²) < 4.78 is 82.2. The molecule has 0 fully saturated rings. The lowest BCUT2D eigenvalue weighted by Gasteiger charge is -2.28. The summed E-state index contributed by atoms with van der Waals surface area (Å²) in [6, 6.07) is 14.4. The number of rotatable bonds is 5. The summed E-state index contributed by atoms with van der Waals surface area (Å²) in [6.07, 6.45) is -15.8. The number of ether oxygens (including phenoxy) is 1. The van der Waals surface area contributed by atoms with Crippen LogP contribution in [-0.4, -0.2) is 34.2 Å². The van der Waals surface area contributed by atoms with Gasteiger partial charge in [-0.05, 0) is 32.4 Å². The van der Waals surface area contributed by atoms with E-state index in [-0.39, 0.29) is 6.54 Å². The van der Waals surface area contributed by atoms with Gasteiger partial charge in [0.2, 0.25) is 0 Å². The molecule has 0 saturated carbocycles. The van der Waals surface area contributed by atoms with Gasteiger partial charge in [-0.15, -0.1) is 0 Å². The Kier molecular flexibility index (Phi) is 6.01. The van der Waals surface area contributed by atoms with Crippen molar-refractivity contribution in [2.24, 2.45) is 5.41 Å². The highest BCUT2D eigenvalue weighted by atomic mass is 19.4. The minimum atomic E-state index is -5.78. The summed E-state index contributed by atoms with van der Waals surface area (Å²) >= 11 is 0. The zero-order valence-corrected chi connectivity index (χ0v) is 17.4. The summed E-state index contributed by atoms with van der Waals surface area (Å²) in [5.74, 6) is -1.63. The monoisotopic (exact) mass is 458 g/mol. The van der Waals surface area contributed by atoms with Gasteiger partial charge < -0.3 is 4.74 Å². The van der Waals surface area contributed by atoms with Crippen molar-refractivity contribution < 1.29 is 35.9 Å². The number of carbonyl (C=O) groups is 1. The van der Waals surface area contributed by atoms with E-state index >= 15 is 0 Å². The Bertz CT molecular complexity index is 1120. The lowest BCUT2D eigenvalue weighted by molar-refractivity contribution is -0.315. The van der Waals surface area contributed by atoms with Crippen LogP contribution in [0.1, 0.15) is 19.4 Å². The Balaban J connectivity index is 1.97. The van der Waals surface area contributed by atoms with Crippen LogP contribution in [0.15, 0.2) is 48.5 Å². The van der Waals surface area contributed by atoms with Gasteiger partial charge in [0.1, 0.15) is 5.69 Å². The van der Waals surface area contributed by atoms with Crippen molar-refractivity contribution in [2.45, 2.75) is 45.8 Å². The molecule has 0 aliphatic carbocycles. The second-order valence-electron chi connectivity index (χ2n) is 8.09. The zero-order valence-electron chi connectivity index (χ0n) is 17.4. The van der Waals surface area contributed by atoms with Gasteiger partial charge in [-0.2, -0.15) is 31.4 Å². The summed E-state index contributed by atoms with van der Waals surface area (Å²) in [5, 5.41) is 5.26. The Morgan fingerprint density at radius 1 is 0.969 bits per heavy atom.